The van der Waals surface area contributed by atoms with Gasteiger partial charge in [0.2, 0.25) is 0 Å². The Morgan fingerprint density at radius 1 is 0.905 bits per heavy atom. The Kier molecular flexibility index (Phi) is 9.81. The lowest BCUT2D eigenvalue weighted by Crippen LogP contribution is -2.14. The molecule has 1 N–H and O–H groups in total. The fourth-order valence-electron chi connectivity index (χ4n) is 2.38. The average molecular weight is 289 g/mol. The molecule has 0 radical (unpaired) electrons. The molecular formula is C19H31NO. The van der Waals surface area contributed by atoms with Gasteiger partial charge in [0.25, 0.3) is 0 Å². The summed E-state index contributed by atoms with van der Waals surface area (Å²) in [6, 6.07) is 8.10. The number of rotatable bonds is 12. The summed E-state index contributed by atoms with van der Waals surface area (Å²) in [7, 11) is 0. The second-order valence-corrected chi connectivity index (χ2v) is 5.81. The van der Waals surface area contributed by atoms with Crippen molar-refractivity contribution < 1.29 is 4.79 Å². The molecule has 0 aliphatic carbocycles. The number of ketones is 1. The van der Waals surface area contributed by atoms with Gasteiger partial charge in [-0.25, -0.2) is 0 Å². The van der Waals surface area contributed by atoms with Crippen molar-refractivity contribution in [2.24, 2.45) is 0 Å². The quantitative estimate of drug-likeness (QED) is 0.427. The fourth-order valence-corrected chi connectivity index (χ4v) is 2.38. The highest BCUT2D eigenvalue weighted by Gasteiger charge is 2.05. The van der Waals surface area contributed by atoms with Gasteiger partial charge in [-0.3, -0.25) is 4.79 Å². The molecule has 1 aromatic carbocycles. The SMILES string of the molecule is CCCCCCCC(=O)c1ccc(CNCCCC)cc1. The first-order valence-electron chi connectivity index (χ1n) is 8.60. The summed E-state index contributed by atoms with van der Waals surface area (Å²) < 4.78 is 0. The Balaban J connectivity index is 2.27. The van der Waals surface area contributed by atoms with Gasteiger partial charge in [0.1, 0.15) is 0 Å². The van der Waals surface area contributed by atoms with E-state index in [9.17, 15) is 4.79 Å². The second-order valence-electron chi connectivity index (χ2n) is 5.81. The van der Waals surface area contributed by atoms with Crippen LogP contribution < -0.4 is 5.32 Å². The predicted octanol–water partition coefficient (Wildman–Crippen LogP) is 5.12. The first-order valence-corrected chi connectivity index (χ1v) is 8.60. The van der Waals surface area contributed by atoms with Gasteiger partial charge >= 0.3 is 0 Å². The Hall–Kier alpha value is -1.15. The van der Waals surface area contributed by atoms with Crippen LogP contribution in [-0.2, 0) is 6.54 Å². The van der Waals surface area contributed by atoms with Crippen molar-refractivity contribution >= 4 is 5.78 Å². The smallest absolute Gasteiger partial charge is 0.162 e. The van der Waals surface area contributed by atoms with Crippen LogP contribution in [0.25, 0.3) is 0 Å². The minimum absolute atomic E-state index is 0.289. The molecule has 1 rings (SSSR count). The number of unbranched alkanes of at least 4 members (excludes halogenated alkanes) is 5. The summed E-state index contributed by atoms with van der Waals surface area (Å²) in [5.41, 5.74) is 2.12. The number of benzene rings is 1. The monoisotopic (exact) mass is 289 g/mol. The number of carbonyl (C=O) groups is 1. The number of hydrogen-bond donors (Lipinski definition) is 1. The van der Waals surface area contributed by atoms with Gasteiger partial charge in [-0.2, -0.15) is 0 Å². The van der Waals surface area contributed by atoms with Gasteiger partial charge in [0, 0.05) is 18.5 Å². The first kappa shape index (κ1) is 17.9. The number of Topliss-reactive ketones (excluding diaryl/α,β-unsaturated/α-hetero) is 1. The van der Waals surface area contributed by atoms with E-state index in [4.69, 9.17) is 0 Å². The fraction of sp³-hybridized carbons (Fsp3) is 0.632. The number of nitrogens with one attached hydrogen (secondary N) is 1. The summed E-state index contributed by atoms with van der Waals surface area (Å²) in [5.74, 6) is 0.289. The van der Waals surface area contributed by atoms with E-state index in [1.165, 1.54) is 44.1 Å². The van der Waals surface area contributed by atoms with E-state index in [0.29, 0.717) is 6.42 Å². The molecule has 0 heterocycles. The molecule has 21 heavy (non-hydrogen) atoms. The summed E-state index contributed by atoms with van der Waals surface area (Å²) in [6.07, 6.45) is 9.13. The van der Waals surface area contributed by atoms with Gasteiger partial charge in [-0.15, -0.1) is 0 Å². The molecule has 0 saturated heterocycles. The molecule has 0 unspecified atom stereocenters. The van der Waals surface area contributed by atoms with E-state index in [1.807, 2.05) is 12.1 Å². The van der Waals surface area contributed by atoms with Crippen LogP contribution in [0.4, 0.5) is 0 Å². The zero-order chi connectivity index (χ0) is 15.3. The third kappa shape index (κ3) is 8.01. The van der Waals surface area contributed by atoms with Crippen molar-refractivity contribution in [3.8, 4) is 0 Å². The van der Waals surface area contributed by atoms with Crippen molar-refractivity contribution in [1.82, 2.24) is 5.32 Å². The molecule has 0 amide bonds. The standard InChI is InChI=1S/C19H31NO/c1-3-5-7-8-9-10-19(21)18-13-11-17(12-14-18)16-20-15-6-4-2/h11-14,20H,3-10,15-16H2,1-2H3. The van der Waals surface area contributed by atoms with Crippen molar-refractivity contribution in [2.75, 3.05) is 6.54 Å². The first-order chi connectivity index (χ1) is 10.3. The van der Waals surface area contributed by atoms with Gasteiger partial charge in [0.15, 0.2) is 5.78 Å². The number of hydrogen-bond acceptors (Lipinski definition) is 2. The van der Waals surface area contributed by atoms with Crippen LogP contribution in [0.5, 0.6) is 0 Å². The summed E-state index contributed by atoms with van der Waals surface area (Å²) >= 11 is 0. The van der Waals surface area contributed by atoms with Crippen LogP contribution in [0.2, 0.25) is 0 Å². The molecule has 0 saturated carbocycles. The molecule has 0 fully saturated rings. The summed E-state index contributed by atoms with van der Waals surface area (Å²) in [5, 5.41) is 3.42. The third-order valence-electron chi connectivity index (χ3n) is 3.82. The van der Waals surface area contributed by atoms with E-state index in [0.717, 1.165) is 25.1 Å². The molecule has 0 spiro atoms. The lowest BCUT2D eigenvalue weighted by molar-refractivity contribution is 0.0979. The Labute approximate surface area is 130 Å². The van der Waals surface area contributed by atoms with E-state index < -0.39 is 0 Å². The highest BCUT2D eigenvalue weighted by atomic mass is 16.1. The third-order valence-corrected chi connectivity index (χ3v) is 3.82. The van der Waals surface area contributed by atoms with E-state index in [2.05, 4.69) is 31.3 Å². The largest absolute Gasteiger partial charge is 0.313 e. The van der Waals surface area contributed by atoms with E-state index >= 15 is 0 Å². The van der Waals surface area contributed by atoms with Crippen LogP contribution in [0.1, 0.15) is 81.1 Å². The topological polar surface area (TPSA) is 29.1 Å². The highest BCUT2D eigenvalue weighted by molar-refractivity contribution is 5.96. The molecule has 0 bridgehead atoms. The minimum atomic E-state index is 0.289. The van der Waals surface area contributed by atoms with E-state index in [1.54, 1.807) is 0 Å². The average Bonchev–Trinajstić information content (AvgIpc) is 2.52. The van der Waals surface area contributed by atoms with Crippen LogP contribution in [0, 0.1) is 0 Å². The van der Waals surface area contributed by atoms with E-state index in [-0.39, 0.29) is 5.78 Å². The molecule has 0 aliphatic heterocycles. The van der Waals surface area contributed by atoms with Gasteiger partial charge < -0.3 is 5.32 Å². The van der Waals surface area contributed by atoms with Crippen LogP contribution in [0.15, 0.2) is 24.3 Å². The molecule has 0 atom stereocenters. The minimum Gasteiger partial charge on any atom is -0.313 e. The lowest BCUT2D eigenvalue weighted by atomic mass is 10.0. The van der Waals surface area contributed by atoms with Crippen molar-refractivity contribution in [3.05, 3.63) is 35.4 Å². The molecule has 1 aromatic rings. The van der Waals surface area contributed by atoms with Gasteiger partial charge in [0.05, 0.1) is 0 Å². The zero-order valence-electron chi connectivity index (χ0n) is 13.8. The van der Waals surface area contributed by atoms with Crippen LogP contribution in [0.3, 0.4) is 0 Å². The molecule has 0 aromatic heterocycles. The molecule has 118 valence electrons. The van der Waals surface area contributed by atoms with Crippen molar-refractivity contribution in [2.45, 2.75) is 71.8 Å². The maximum Gasteiger partial charge on any atom is 0.162 e. The molecule has 2 heteroatoms. The maximum atomic E-state index is 12.1. The van der Waals surface area contributed by atoms with Gasteiger partial charge in [-0.1, -0.05) is 70.2 Å². The van der Waals surface area contributed by atoms with Crippen LogP contribution >= 0.6 is 0 Å². The van der Waals surface area contributed by atoms with Gasteiger partial charge in [-0.05, 0) is 24.9 Å². The van der Waals surface area contributed by atoms with Crippen molar-refractivity contribution in [3.63, 3.8) is 0 Å². The Morgan fingerprint density at radius 2 is 1.57 bits per heavy atom. The Bertz CT molecular complexity index is 383. The summed E-state index contributed by atoms with van der Waals surface area (Å²) in [4.78, 5) is 12.1. The number of carbonyl (C=O) groups excluding carboxylic acids is 1. The molecule has 0 aliphatic rings. The Morgan fingerprint density at radius 3 is 2.24 bits per heavy atom. The molecular weight excluding hydrogens is 258 g/mol. The maximum absolute atomic E-state index is 12.1. The summed E-state index contributed by atoms with van der Waals surface area (Å²) in [6.45, 7) is 6.37. The van der Waals surface area contributed by atoms with Crippen molar-refractivity contribution in [1.29, 1.82) is 0 Å². The highest BCUT2D eigenvalue weighted by Crippen LogP contribution is 2.11. The zero-order valence-corrected chi connectivity index (χ0v) is 13.8. The second kappa shape index (κ2) is 11.5. The normalized spacial score (nSPS) is 10.8. The lowest BCUT2D eigenvalue weighted by Gasteiger charge is -2.06. The molecule has 2 nitrogen and oxygen atoms in total. The predicted molar refractivity (Wildman–Crippen MR) is 90.8 cm³/mol. The van der Waals surface area contributed by atoms with Crippen LogP contribution in [-0.4, -0.2) is 12.3 Å².